The quantitative estimate of drug-likeness (QED) is 0.715. The van der Waals surface area contributed by atoms with Gasteiger partial charge in [-0.3, -0.25) is 9.59 Å². The van der Waals surface area contributed by atoms with Crippen LogP contribution in [-0.2, 0) is 9.59 Å². The molecule has 0 aliphatic carbocycles. The van der Waals surface area contributed by atoms with Crippen LogP contribution in [0.25, 0.3) is 0 Å². The fourth-order valence-corrected chi connectivity index (χ4v) is 2.45. The molecule has 5 nitrogen and oxygen atoms in total. The van der Waals surface area contributed by atoms with Gasteiger partial charge in [0.1, 0.15) is 0 Å². The maximum atomic E-state index is 12.0. The third-order valence-electron chi connectivity index (χ3n) is 4.05. The molecule has 0 saturated carbocycles. The van der Waals surface area contributed by atoms with Crippen molar-refractivity contribution in [1.29, 1.82) is 0 Å². The first-order valence-corrected chi connectivity index (χ1v) is 7.11. The molecule has 1 rings (SSSR count). The Bertz CT molecular complexity index is 329. The monoisotopic (exact) mass is 270 g/mol. The maximum absolute atomic E-state index is 12.0. The number of nitrogens with one attached hydrogen (secondary N) is 1. The summed E-state index contributed by atoms with van der Waals surface area (Å²) in [5.41, 5.74) is -0.768. The van der Waals surface area contributed by atoms with E-state index < -0.39 is 11.4 Å². The number of carboxylic acid groups (broad SMARTS) is 1. The van der Waals surface area contributed by atoms with E-state index in [-0.39, 0.29) is 11.8 Å². The Morgan fingerprint density at radius 3 is 2.68 bits per heavy atom. The van der Waals surface area contributed by atoms with E-state index in [4.69, 9.17) is 0 Å². The lowest BCUT2D eigenvalue weighted by Gasteiger charge is -2.39. The Balaban J connectivity index is 2.54. The fourth-order valence-electron chi connectivity index (χ4n) is 2.45. The number of rotatable bonds is 6. The van der Waals surface area contributed by atoms with E-state index in [9.17, 15) is 14.7 Å². The van der Waals surface area contributed by atoms with Crippen molar-refractivity contribution in [3.63, 3.8) is 0 Å². The van der Waals surface area contributed by atoms with Gasteiger partial charge in [-0.2, -0.15) is 0 Å². The lowest BCUT2D eigenvalue weighted by molar-refractivity contribution is -0.153. The molecule has 1 amide bonds. The summed E-state index contributed by atoms with van der Waals surface area (Å²) in [4.78, 5) is 25.1. The number of aliphatic carboxylic acids is 1. The number of carbonyl (C=O) groups is 2. The van der Waals surface area contributed by atoms with Gasteiger partial charge in [-0.15, -0.1) is 0 Å². The summed E-state index contributed by atoms with van der Waals surface area (Å²) in [7, 11) is 0. The molecule has 2 N–H and O–H groups in total. The maximum Gasteiger partial charge on any atom is 0.309 e. The van der Waals surface area contributed by atoms with Crippen LogP contribution in [0.2, 0.25) is 0 Å². The third kappa shape index (κ3) is 4.20. The van der Waals surface area contributed by atoms with Crippen LogP contribution in [0, 0.1) is 11.3 Å². The average Bonchev–Trinajstić information content (AvgIpc) is 2.39. The molecule has 1 saturated heterocycles. The fraction of sp³-hybridized carbons (Fsp3) is 0.857. The van der Waals surface area contributed by atoms with Gasteiger partial charge in [-0.1, -0.05) is 6.92 Å². The number of nitrogens with zero attached hydrogens (tertiary/aromatic N) is 1. The average molecular weight is 270 g/mol. The number of amides is 1. The highest BCUT2D eigenvalue weighted by atomic mass is 16.4. The lowest BCUT2D eigenvalue weighted by Crippen LogP contribution is -2.49. The van der Waals surface area contributed by atoms with E-state index in [1.807, 2.05) is 4.90 Å². The minimum absolute atomic E-state index is 0.0360. The number of carbonyl (C=O) groups excluding carboxylic acids is 1. The van der Waals surface area contributed by atoms with Crippen LogP contribution in [0.5, 0.6) is 0 Å². The summed E-state index contributed by atoms with van der Waals surface area (Å²) in [6, 6.07) is 0. The molecule has 1 fully saturated rings. The number of hydrogen-bond acceptors (Lipinski definition) is 3. The molecule has 0 aromatic carbocycles. The van der Waals surface area contributed by atoms with E-state index in [0.29, 0.717) is 13.1 Å². The molecular formula is C14H26N2O3. The standard InChI is InChI=1S/C14H26N2O3/c1-4-7-15-9-12(17)16-8-5-6-11(10-16)14(2,3)13(18)19/h11,15H,4-10H2,1-3H3,(H,18,19). The Labute approximate surface area is 115 Å². The van der Waals surface area contributed by atoms with Crippen molar-refractivity contribution in [3.05, 3.63) is 0 Å². The first kappa shape index (κ1) is 16.0. The molecule has 1 unspecified atom stereocenters. The lowest BCUT2D eigenvalue weighted by atomic mass is 9.74. The molecule has 0 bridgehead atoms. The first-order valence-electron chi connectivity index (χ1n) is 7.11. The molecular weight excluding hydrogens is 244 g/mol. The minimum Gasteiger partial charge on any atom is -0.481 e. The molecule has 1 heterocycles. The van der Waals surface area contributed by atoms with Crippen molar-refractivity contribution in [2.45, 2.75) is 40.0 Å². The van der Waals surface area contributed by atoms with Crippen LogP contribution in [-0.4, -0.2) is 48.1 Å². The number of piperidine rings is 1. The molecule has 0 aromatic heterocycles. The van der Waals surface area contributed by atoms with Crippen molar-refractivity contribution in [3.8, 4) is 0 Å². The Morgan fingerprint density at radius 1 is 1.42 bits per heavy atom. The highest BCUT2D eigenvalue weighted by molar-refractivity contribution is 5.79. The summed E-state index contributed by atoms with van der Waals surface area (Å²) in [6.45, 7) is 8.07. The van der Waals surface area contributed by atoms with Crippen LogP contribution in [0.4, 0.5) is 0 Å². The summed E-state index contributed by atoms with van der Waals surface area (Å²) in [5.74, 6) is -0.663. The van der Waals surface area contributed by atoms with E-state index in [1.54, 1.807) is 13.8 Å². The third-order valence-corrected chi connectivity index (χ3v) is 4.05. The van der Waals surface area contributed by atoms with Gasteiger partial charge < -0.3 is 15.3 Å². The van der Waals surface area contributed by atoms with Crippen LogP contribution in [0.3, 0.4) is 0 Å². The predicted molar refractivity (Wildman–Crippen MR) is 73.9 cm³/mol. The van der Waals surface area contributed by atoms with Crippen molar-refractivity contribution >= 4 is 11.9 Å². The summed E-state index contributed by atoms with van der Waals surface area (Å²) in [5, 5.41) is 12.4. The van der Waals surface area contributed by atoms with Crippen LogP contribution in [0.15, 0.2) is 0 Å². The predicted octanol–water partition coefficient (Wildman–Crippen LogP) is 1.34. The van der Waals surface area contributed by atoms with Crippen molar-refractivity contribution in [2.75, 3.05) is 26.2 Å². The molecule has 19 heavy (non-hydrogen) atoms. The van der Waals surface area contributed by atoms with Gasteiger partial charge in [-0.25, -0.2) is 0 Å². The second-order valence-electron chi connectivity index (χ2n) is 5.88. The van der Waals surface area contributed by atoms with E-state index in [1.165, 1.54) is 0 Å². The summed E-state index contributed by atoms with van der Waals surface area (Å²) >= 11 is 0. The molecule has 0 radical (unpaired) electrons. The number of carboxylic acids is 1. The van der Waals surface area contributed by atoms with E-state index in [2.05, 4.69) is 12.2 Å². The van der Waals surface area contributed by atoms with Gasteiger partial charge in [0, 0.05) is 13.1 Å². The zero-order chi connectivity index (χ0) is 14.5. The molecule has 0 spiro atoms. The second kappa shape index (κ2) is 6.89. The zero-order valence-electron chi connectivity index (χ0n) is 12.2. The Morgan fingerprint density at radius 2 is 2.11 bits per heavy atom. The molecule has 5 heteroatoms. The largest absolute Gasteiger partial charge is 0.481 e. The molecule has 1 aliphatic rings. The van der Waals surface area contributed by atoms with Crippen LogP contribution >= 0.6 is 0 Å². The van der Waals surface area contributed by atoms with Gasteiger partial charge >= 0.3 is 5.97 Å². The second-order valence-corrected chi connectivity index (χ2v) is 5.88. The van der Waals surface area contributed by atoms with Gasteiger partial charge in [0.05, 0.1) is 12.0 Å². The van der Waals surface area contributed by atoms with Crippen molar-refractivity contribution < 1.29 is 14.7 Å². The summed E-state index contributed by atoms with van der Waals surface area (Å²) in [6.07, 6.45) is 2.77. The van der Waals surface area contributed by atoms with Gasteiger partial charge in [0.25, 0.3) is 0 Å². The molecule has 1 atom stereocenters. The Hall–Kier alpha value is -1.10. The zero-order valence-corrected chi connectivity index (χ0v) is 12.2. The normalized spacial score (nSPS) is 20.4. The van der Waals surface area contributed by atoms with E-state index in [0.717, 1.165) is 32.4 Å². The Kier molecular flexibility index (Phi) is 5.79. The van der Waals surface area contributed by atoms with Gasteiger partial charge in [-0.05, 0) is 45.6 Å². The highest BCUT2D eigenvalue weighted by Gasteiger charge is 2.39. The van der Waals surface area contributed by atoms with E-state index >= 15 is 0 Å². The van der Waals surface area contributed by atoms with Gasteiger partial charge in [0.15, 0.2) is 0 Å². The molecule has 110 valence electrons. The topological polar surface area (TPSA) is 69.6 Å². The molecule has 0 aromatic rings. The number of hydrogen-bond donors (Lipinski definition) is 2. The number of likely N-dealkylation sites (tertiary alicyclic amines) is 1. The highest BCUT2D eigenvalue weighted by Crippen LogP contribution is 2.34. The van der Waals surface area contributed by atoms with Crippen LogP contribution in [0.1, 0.15) is 40.0 Å². The molecule has 1 aliphatic heterocycles. The minimum atomic E-state index is -0.782. The smallest absolute Gasteiger partial charge is 0.309 e. The van der Waals surface area contributed by atoms with Gasteiger partial charge in [0.2, 0.25) is 5.91 Å². The summed E-state index contributed by atoms with van der Waals surface area (Å²) < 4.78 is 0. The SMILES string of the molecule is CCCNCC(=O)N1CCCC(C(C)(C)C(=O)O)C1. The first-order chi connectivity index (χ1) is 8.89. The van der Waals surface area contributed by atoms with Crippen molar-refractivity contribution in [1.82, 2.24) is 10.2 Å². The van der Waals surface area contributed by atoms with Crippen molar-refractivity contribution in [2.24, 2.45) is 11.3 Å². The van der Waals surface area contributed by atoms with Crippen LogP contribution < -0.4 is 5.32 Å².